The van der Waals surface area contributed by atoms with Crippen molar-refractivity contribution in [1.82, 2.24) is 24.5 Å². The molecule has 4 aromatic carbocycles. The largest absolute Gasteiger partial charge is 2.00 e. The average Bonchev–Trinajstić information content (AvgIpc) is 3.44. The van der Waals surface area contributed by atoms with Gasteiger partial charge in [-0.25, -0.2) is 9.97 Å². The fourth-order valence-electron chi connectivity index (χ4n) is 5.05. The third-order valence-electron chi connectivity index (χ3n) is 7.02. The van der Waals surface area contributed by atoms with Gasteiger partial charge in [-0.15, -0.1) is 71.8 Å². The molecule has 0 saturated carbocycles. The average molecular weight is 884 g/mol. The standard InChI is InChI=1S/C38H21N5O2.Pd.Pt/c1-3-18-39-34(12-1)26-8-5-10-28(22-26)44-30-14-16-32-33-17-15-31(25-37(33)43(36(32)24-30)38-41-20-7-21-42-38)45-29-11-6-9-27(23-29)35-13-2-4-19-40-35;;/h1-21H;;/q-4;2*+2/i7D,20D,21D;;. The Morgan fingerprint density at radius 3 is 1.49 bits per heavy atom. The zero-order valence-corrected chi connectivity index (χ0v) is 27.9. The van der Waals surface area contributed by atoms with Crippen LogP contribution in [0.25, 0.3) is 50.3 Å². The van der Waals surface area contributed by atoms with Gasteiger partial charge in [-0.3, -0.25) is 0 Å². The molecule has 7 nitrogen and oxygen atoms in total. The van der Waals surface area contributed by atoms with Crippen molar-refractivity contribution in [3.8, 4) is 51.5 Å². The predicted molar refractivity (Wildman–Crippen MR) is 171 cm³/mol. The summed E-state index contributed by atoms with van der Waals surface area (Å²) in [4.78, 5) is 17.3. The number of benzene rings is 4. The molecule has 0 atom stereocenters. The molecule has 0 spiro atoms. The Hall–Kier alpha value is -4.99. The van der Waals surface area contributed by atoms with Gasteiger partial charge in [0.25, 0.3) is 0 Å². The number of rotatable bonds is 7. The number of hydrogen-bond acceptors (Lipinski definition) is 6. The fourth-order valence-corrected chi connectivity index (χ4v) is 5.05. The van der Waals surface area contributed by atoms with Gasteiger partial charge in [0.1, 0.15) is 0 Å². The molecule has 0 N–H and O–H groups in total. The number of pyridine rings is 2. The van der Waals surface area contributed by atoms with Crippen molar-refractivity contribution in [2.24, 2.45) is 0 Å². The summed E-state index contributed by atoms with van der Waals surface area (Å²) in [7, 11) is 0. The molecule has 8 aromatic rings. The van der Waals surface area contributed by atoms with Gasteiger partial charge in [0.05, 0.1) is 4.11 Å². The first-order valence-corrected chi connectivity index (χ1v) is 14.0. The molecule has 47 heavy (non-hydrogen) atoms. The Morgan fingerprint density at radius 1 is 0.532 bits per heavy atom. The van der Waals surface area contributed by atoms with E-state index in [0.717, 1.165) is 33.3 Å². The summed E-state index contributed by atoms with van der Waals surface area (Å²) in [5, 5.41) is 1.57. The second-order valence-electron chi connectivity index (χ2n) is 9.87. The van der Waals surface area contributed by atoms with Crippen LogP contribution in [0.2, 0.25) is 0 Å². The zero-order valence-electron chi connectivity index (χ0n) is 27.1. The van der Waals surface area contributed by atoms with Gasteiger partial charge >= 0.3 is 41.5 Å². The smallest absolute Gasteiger partial charge is 0.503 e. The van der Waals surface area contributed by atoms with E-state index in [4.69, 9.17) is 13.6 Å². The van der Waals surface area contributed by atoms with Crippen molar-refractivity contribution in [2.45, 2.75) is 0 Å². The molecule has 8 rings (SSSR count). The number of hydrogen-bond donors (Lipinski definition) is 0. The molecule has 4 heterocycles. The van der Waals surface area contributed by atoms with Gasteiger partial charge in [-0.2, -0.15) is 22.9 Å². The Balaban J connectivity index is 0.00000216. The quantitative estimate of drug-likeness (QED) is 0.118. The number of fused-ring (bicyclic) bond motifs is 3. The minimum atomic E-state index is -0.373. The van der Waals surface area contributed by atoms with E-state index in [9.17, 15) is 0 Å². The van der Waals surface area contributed by atoms with Crippen LogP contribution in [0.3, 0.4) is 0 Å². The van der Waals surface area contributed by atoms with Crippen molar-refractivity contribution in [2.75, 3.05) is 0 Å². The monoisotopic (exact) mass is 883 g/mol. The molecular weight excluding hydrogens is 860 g/mol. The number of nitrogens with zero attached hydrogens (tertiary/aromatic N) is 5. The Bertz CT molecular complexity index is 2300. The van der Waals surface area contributed by atoms with Crippen molar-refractivity contribution in [1.29, 1.82) is 0 Å². The molecule has 0 aliphatic rings. The van der Waals surface area contributed by atoms with E-state index < -0.39 is 0 Å². The molecule has 0 aliphatic carbocycles. The first-order valence-electron chi connectivity index (χ1n) is 15.5. The van der Waals surface area contributed by atoms with E-state index in [0.29, 0.717) is 34.0 Å². The van der Waals surface area contributed by atoms with E-state index >= 15 is 0 Å². The van der Waals surface area contributed by atoms with Crippen LogP contribution in [0.15, 0.2) is 128 Å². The first kappa shape index (κ1) is 28.3. The summed E-state index contributed by atoms with van der Waals surface area (Å²) >= 11 is 0. The predicted octanol–water partition coefficient (Wildman–Crippen LogP) is 8.48. The van der Waals surface area contributed by atoms with Gasteiger partial charge in [0.2, 0.25) is 5.95 Å². The maximum Gasteiger partial charge on any atom is 2.00 e. The van der Waals surface area contributed by atoms with Crippen LogP contribution in [0, 0.1) is 24.3 Å². The minimum absolute atomic E-state index is 0. The van der Waals surface area contributed by atoms with E-state index in [-0.39, 0.29) is 65.8 Å². The molecule has 0 bridgehead atoms. The summed E-state index contributed by atoms with van der Waals surface area (Å²) in [6.45, 7) is 0. The first-order chi connectivity index (χ1) is 23.5. The van der Waals surface area contributed by atoms with Gasteiger partial charge in [-0.05, 0) is 29.6 Å². The topological polar surface area (TPSA) is 75.0 Å². The third-order valence-corrected chi connectivity index (χ3v) is 7.02. The molecular formula is C38H21N5O2PdPt. The molecule has 0 radical (unpaired) electrons. The SMILES string of the molecule is [2H]c1nc(-n2c3[c-]c(Oc4[c-]c(-c5ccccn5)ccc4)ccc3c3ccc(Oc4[c-]c(-c5ccccn5)ccc4)[c-]c32)nc([2H])c1[2H].[Pd+2].[Pt+2]. The minimum Gasteiger partial charge on any atom is -0.503 e. The summed E-state index contributed by atoms with van der Waals surface area (Å²) < 4.78 is 38.5. The van der Waals surface area contributed by atoms with Crippen molar-refractivity contribution >= 4 is 21.8 Å². The Labute approximate surface area is 303 Å². The second kappa shape index (κ2) is 14.2. The van der Waals surface area contributed by atoms with Gasteiger partial charge in [-0.1, -0.05) is 47.4 Å². The summed E-state index contributed by atoms with van der Waals surface area (Å²) in [5.74, 6) is 1.76. The van der Waals surface area contributed by atoms with E-state index in [1.165, 1.54) is 0 Å². The maximum atomic E-state index is 8.22. The van der Waals surface area contributed by atoms with E-state index in [1.54, 1.807) is 41.2 Å². The van der Waals surface area contributed by atoms with E-state index in [1.807, 2.05) is 72.8 Å². The number of ether oxygens (including phenoxy) is 2. The van der Waals surface area contributed by atoms with Crippen molar-refractivity contribution in [3.63, 3.8) is 0 Å². The van der Waals surface area contributed by atoms with Gasteiger partial charge in [0.15, 0.2) is 0 Å². The normalized spacial score (nSPS) is 11.5. The molecule has 0 saturated heterocycles. The van der Waals surface area contributed by atoms with Crippen LogP contribution < -0.4 is 9.47 Å². The maximum absolute atomic E-state index is 8.22. The van der Waals surface area contributed by atoms with E-state index in [2.05, 4.69) is 44.2 Å². The third kappa shape index (κ3) is 6.63. The van der Waals surface area contributed by atoms with Crippen LogP contribution in [0.1, 0.15) is 4.11 Å². The van der Waals surface area contributed by atoms with Crippen LogP contribution in [0.4, 0.5) is 0 Å². The molecule has 0 fully saturated rings. The molecule has 0 unspecified atom stereocenters. The van der Waals surface area contributed by atoms with Gasteiger partial charge in [0, 0.05) is 47.7 Å². The Morgan fingerprint density at radius 2 is 1.02 bits per heavy atom. The fraction of sp³-hybridized carbons (Fsp3) is 0. The van der Waals surface area contributed by atoms with Crippen LogP contribution in [-0.4, -0.2) is 24.5 Å². The van der Waals surface area contributed by atoms with Crippen LogP contribution in [-0.2, 0) is 41.5 Å². The van der Waals surface area contributed by atoms with Crippen molar-refractivity contribution < 1.29 is 55.1 Å². The van der Waals surface area contributed by atoms with Crippen molar-refractivity contribution in [3.05, 3.63) is 152 Å². The Kier molecular flexibility index (Phi) is 8.53. The second-order valence-corrected chi connectivity index (χ2v) is 9.87. The summed E-state index contributed by atoms with van der Waals surface area (Å²) in [6, 6.07) is 42.7. The van der Waals surface area contributed by atoms with Crippen LogP contribution in [0.5, 0.6) is 23.0 Å². The molecule has 230 valence electrons. The molecule has 9 heteroatoms. The molecule has 4 aromatic heterocycles. The van der Waals surface area contributed by atoms with Gasteiger partial charge < -0.3 is 24.0 Å². The summed E-state index contributed by atoms with van der Waals surface area (Å²) in [5.41, 5.74) is 4.15. The number of aromatic nitrogens is 5. The summed E-state index contributed by atoms with van der Waals surface area (Å²) in [6.07, 6.45) is 2.70. The molecule has 0 aliphatic heterocycles. The molecule has 0 amide bonds. The zero-order chi connectivity index (χ0) is 32.6. The van der Waals surface area contributed by atoms with Crippen LogP contribution >= 0.6 is 0 Å².